The average Bonchev–Trinajstić information content (AvgIpc) is 3.27. The van der Waals surface area contributed by atoms with E-state index in [1.165, 1.54) is 25.1 Å². The van der Waals surface area contributed by atoms with Crippen molar-refractivity contribution in [2.24, 2.45) is 11.7 Å². The Balaban J connectivity index is 1.61. The highest BCUT2D eigenvalue weighted by molar-refractivity contribution is 6.33. The van der Waals surface area contributed by atoms with E-state index in [9.17, 15) is 15.0 Å². The van der Waals surface area contributed by atoms with Gasteiger partial charge in [-0.15, -0.1) is 0 Å². The number of carbonyl (C=O) groups is 1. The number of fused-ring (bicyclic) bond motifs is 1. The van der Waals surface area contributed by atoms with Crippen molar-refractivity contribution in [1.82, 2.24) is 5.32 Å². The zero-order valence-corrected chi connectivity index (χ0v) is 22.9. The summed E-state index contributed by atoms with van der Waals surface area (Å²) in [5.74, 6) is -1.28. The number of amides is 1. The van der Waals surface area contributed by atoms with Gasteiger partial charge in [-0.25, -0.2) is 8.78 Å². The van der Waals surface area contributed by atoms with Crippen LogP contribution in [-0.2, 0) is 21.6 Å². The van der Waals surface area contributed by atoms with Gasteiger partial charge in [0.05, 0.1) is 18.2 Å². The highest BCUT2D eigenvalue weighted by atomic mass is 35.5. The Labute approximate surface area is 236 Å². The lowest BCUT2D eigenvalue weighted by Gasteiger charge is -2.38. The quantitative estimate of drug-likeness (QED) is 0.345. The predicted octanol–water partition coefficient (Wildman–Crippen LogP) is 3.58. The molecule has 10 heteroatoms. The number of hydrogen-bond donors (Lipinski definition) is 4. The number of primary amides is 1. The maximum Gasteiger partial charge on any atom is 0.249 e. The summed E-state index contributed by atoms with van der Waals surface area (Å²) in [7, 11) is 0. The number of benzene rings is 2. The molecule has 0 saturated heterocycles. The number of alkyl halides is 1. The molecule has 1 amide bonds. The van der Waals surface area contributed by atoms with Gasteiger partial charge in [0.15, 0.2) is 11.3 Å². The maximum absolute atomic E-state index is 16.7. The Morgan fingerprint density at radius 3 is 2.65 bits per heavy atom. The van der Waals surface area contributed by atoms with E-state index in [1.54, 1.807) is 0 Å². The van der Waals surface area contributed by atoms with Crippen molar-refractivity contribution < 1.29 is 33.3 Å². The van der Waals surface area contributed by atoms with Gasteiger partial charge in [-0.2, -0.15) is 0 Å². The van der Waals surface area contributed by atoms with Crippen LogP contribution < -0.4 is 15.8 Å². The first-order valence-electron chi connectivity index (χ1n) is 13.4. The van der Waals surface area contributed by atoms with E-state index in [-0.39, 0.29) is 65.7 Å². The molecule has 3 atom stereocenters. The third kappa shape index (κ3) is 5.05. The molecule has 1 fully saturated rings. The molecule has 0 aromatic heterocycles. The molecule has 2 aromatic carbocycles. The zero-order valence-electron chi connectivity index (χ0n) is 22.1. The molecule has 0 bridgehead atoms. The number of aliphatic hydroxyl groups excluding tert-OH is 2. The van der Waals surface area contributed by atoms with E-state index >= 15 is 8.78 Å². The van der Waals surface area contributed by atoms with Gasteiger partial charge in [0.25, 0.3) is 0 Å². The van der Waals surface area contributed by atoms with Crippen molar-refractivity contribution in [3.8, 4) is 5.75 Å². The second-order valence-corrected chi connectivity index (χ2v) is 11.2. The van der Waals surface area contributed by atoms with Gasteiger partial charge in [-0.1, -0.05) is 54.1 Å². The summed E-state index contributed by atoms with van der Waals surface area (Å²) in [5, 5.41) is 21.8. The molecule has 5 N–H and O–H groups in total. The molecule has 1 aliphatic heterocycles. The smallest absolute Gasteiger partial charge is 0.249 e. The molecule has 40 heavy (non-hydrogen) atoms. The minimum Gasteiger partial charge on any atom is -0.480 e. The zero-order chi connectivity index (χ0) is 28.7. The Hall–Kier alpha value is -2.82. The lowest BCUT2D eigenvalue weighted by Crippen LogP contribution is -2.50. The Bertz CT molecular complexity index is 1340. The number of ether oxygens (including phenoxy) is 2. The van der Waals surface area contributed by atoms with E-state index in [0.29, 0.717) is 12.1 Å². The standard InChI is InChI=1S/C30H33ClF2N2O5/c1-29(33)24(39-10-9-36)8-7-20(28(34)38)26(29)25-21-14-30(18-5-3-2-4-6-18,16-35-19-11-17(12-19)15-37)40-23(21)13-22(32)27(25)31/h2-8,13,17,19,24,35-37H,9-12,14-16H2,1H3,(H2,34,38)/t17?,19?,24?,29?,30-/m1/s1. The van der Waals surface area contributed by atoms with Crippen LogP contribution in [0.2, 0.25) is 5.02 Å². The topological polar surface area (TPSA) is 114 Å². The van der Waals surface area contributed by atoms with Crippen LogP contribution >= 0.6 is 11.6 Å². The Morgan fingerprint density at radius 1 is 1.27 bits per heavy atom. The Morgan fingerprint density at radius 2 is 2.00 bits per heavy atom. The molecule has 2 aromatic rings. The summed E-state index contributed by atoms with van der Waals surface area (Å²) in [4.78, 5) is 12.5. The van der Waals surface area contributed by atoms with E-state index in [1.807, 2.05) is 30.3 Å². The second-order valence-electron chi connectivity index (χ2n) is 10.9. The van der Waals surface area contributed by atoms with Crippen LogP contribution in [0.1, 0.15) is 36.5 Å². The summed E-state index contributed by atoms with van der Waals surface area (Å²) >= 11 is 6.56. The van der Waals surface area contributed by atoms with Crippen molar-refractivity contribution in [3.63, 3.8) is 0 Å². The monoisotopic (exact) mass is 574 g/mol. The normalized spacial score (nSPS) is 29.2. The van der Waals surface area contributed by atoms with Crippen molar-refractivity contribution >= 4 is 23.1 Å². The molecule has 2 aliphatic carbocycles. The summed E-state index contributed by atoms with van der Waals surface area (Å²) < 4.78 is 44.2. The third-order valence-corrected chi connectivity index (χ3v) is 8.53. The first-order valence-corrected chi connectivity index (χ1v) is 13.7. The largest absolute Gasteiger partial charge is 0.480 e. The molecule has 1 heterocycles. The predicted molar refractivity (Wildman–Crippen MR) is 147 cm³/mol. The highest BCUT2D eigenvalue weighted by Gasteiger charge is 2.49. The number of rotatable bonds is 10. The molecule has 3 aliphatic rings. The summed E-state index contributed by atoms with van der Waals surface area (Å²) in [6, 6.07) is 10.8. The number of halogens is 3. The molecule has 214 valence electrons. The van der Waals surface area contributed by atoms with Crippen LogP contribution in [0.3, 0.4) is 0 Å². The third-order valence-electron chi connectivity index (χ3n) is 8.16. The second kappa shape index (κ2) is 11.2. The average molecular weight is 575 g/mol. The van der Waals surface area contributed by atoms with Gasteiger partial charge >= 0.3 is 0 Å². The van der Waals surface area contributed by atoms with E-state index in [4.69, 9.17) is 26.8 Å². The minimum atomic E-state index is -2.35. The van der Waals surface area contributed by atoms with Gasteiger partial charge in [-0.3, -0.25) is 4.79 Å². The molecular formula is C30H33ClF2N2O5. The maximum atomic E-state index is 16.7. The molecule has 0 radical (unpaired) electrons. The number of nitrogens with one attached hydrogen (secondary N) is 1. The van der Waals surface area contributed by atoms with Crippen LogP contribution in [0.4, 0.5) is 8.78 Å². The number of aliphatic hydroxyl groups is 2. The van der Waals surface area contributed by atoms with Crippen molar-refractivity contribution in [2.75, 3.05) is 26.4 Å². The van der Waals surface area contributed by atoms with Crippen LogP contribution in [0.25, 0.3) is 5.57 Å². The lowest BCUT2D eigenvalue weighted by molar-refractivity contribution is -0.114. The van der Waals surface area contributed by atoms with Gasteiger partial charge in [-0.05, 0) is 31.2 Å². The first-order chi connectivity index (χ1) is 19.1. The van der Waals surface area contributed by atoms with E-state index < -0.39 is 29.1 Å². The first kappa shape index (κ1) is 28.7. The number of carbonyl (C=O) groups excluding carboxylic acids is 1. The number of hydrogen-bond acceptors (Lipinski definition) is 6. The molecule has 5 rings (SSSR count). The molecule has 7 nitrogen and oxygen atoms in total. The van der Waals surface area contributed by atoms with E-state index in [2.05, 4.69) is 5.32 Å². The Kier molecular flexibility index (Phi) is 8.05. The summed E-state index contributed by atoms with van der Waals surface area (Å²) in [6.45, 7) is 1.25. The van der Waals surface area contributed by atoms with Crippen molar-refractivity contribution in [3.05, 3.63) is 81.7 Å². The highest BCUT2D eigenvalue weighted by Crippen LogP contribution is 2.52. The van der Waals surface area contributed by atoms with Crippen LogP contribution in [0.5, 0.6) is 5.75 Å². The fourth-order valence-corrected chi connectivity index (χ4v) is 6.26. The summed E-state index contributed by atoms with van der Waals surface area (Å²) in [5.41, 5.74) is 3.32. The van der Waals surface area contributed by atoms with Gasteiger partial charge < -0.3 is 30.7 Å². The van der Waals surface area contributed by atoms with Crippen molar-refractivity contribution in [1.29, 1.82) is 0 Å². The van der Waals surface area contributed by atoms with Crippen molar-refractivity contribution in [2.45, 2.75) is 49.6 Å². The molecule has 0 spiro atoms. The minimum absolute atomic E-state index is 0.0132. The van der Waals surface area contributed by atoms with Crippen LogP contribution in [-0.4, -0.2) is 60.3 Å². The molecule has 1 saturated carbocycles. The van der Waals surface area contributed by atoms with Crippen LogP contribution in [0, 0.1) is 11.7 Å². The summed E-state index contributed by atoms with van der Waals surface area (Å²) in [6.07, 6.45) is 3.40. The van der Waals surface area contributed by atoms with Gasteiger partial charge in [0.2, 0.25) is 5.91 Å². The lowest BCUT2D eigenvalue weighted by atomic mass is 9.76. The van der Waals surface area contributed by atoms with Gasteiger partial charge in [0.1, 0.15) is 17.7 Å². The van der Waals surface area contributed by atoms with Gasteiger partial charge in [0, 0.05) is 54.0 Å². The SMILES string of the molecule is CC1(F)C(c2c(Cl)c(F)cc3c2C[C@@](CNC2CC(CO)C2)(c2ccccc2)O3)=C(C(N)=O)C=CC1OCCO. The molecule has 2 unspecified atom stereocenters. The fourth-order valence-electron chi connectivity index (χ4n) is 5.99. The molecular weight excluding hydrogens is 542 g/mol. The fraction of sp³-hybridized carbons (Fsp3) is 0.433. The van der Waals surface area contributed by atoms with Crippen LogP contribution in [0.15, 0.2) is 54.1 Å². The van der Waals surface area contributed by atoms with E-state index in [0.717, 1.165) is 18.4 Å². The number of nitrogens with two attached hydrogens (primary N) is 1.